The lowest BCUT2D eigenvalue weighted by molar-refractivity contribution is 0.271. The lowest BCUT2D eigenvalue weighted by Crippen LogP contribution is -2.21. The summed E-state index contributed by atoms with van der Waals surface area (Å²) in [5, 5.41) is 0. The predicted molar refractivity (Wildman–Crippen MR) is 89.8 cm³/mol. The minimum Gasteiger partial charge on any atom is -0.493 e. The van der Waals surface area contributed by atoms with Crippen LogP contribution in [0.15, 0.2) is 24.3 Å². The zero-order valence-corrected chi connectivity index (χ0v) is 13.7. The Bertz CT molecular complexity index is 391. The van der Waals surface area contributed by atoms with Gasteiger partial charge in [0.1, 0.15) is 5.75 Å². The summed E-state index contributed by atoms with van der Waals surface area (Å²) in [5.74, 6) is 2.82. The van der Waals surface area contributed by atoms with E-state index in [1.165, 1.54) is 44.1 Å². The van der Waals surface area contributed by atoms with Crippen molar-refractivity contribution in [3.8, 4) is 5.75 Å². The molecule has 1 aliphatic rings. The normalized spacial score (nSPS) is 18.5. The van der Waals surface area contributed by atoms with Crippen molar-refractivity contribution in [2.24, 2.45) is 17.6 Å². The molecule has 1 fully saturated rings. The van der Waals surface area contributed by atoms with Gasteiger partial charge in [0.2, 0.25) is 0 Å². The maximum Gasteiger partial charge on any atom is 0.119 e. The molecular weight excluding hydrogens is 258 g/mol. The smallest absolute Gasteiger partial charge is 0.119 e. The highest BCUT2D eigenvalue weighted by Crippen LogP contribution is 2.35. The highest BCUT2D eigenvalue weighted by atomic mass is 16.5. The first-order valence-corrected chi connectivity index (χ1v) is 8.63. The van der Waals surface area contributed by atoms with Gasteiger partial charge in [0.15, 0.2) is 0 Å². The van der Waals surface area contributed by atoms with Crippen LogP contribution in [0.4, 0.5) is 0 Å². The lowest BCUT2D eigenvalue weighted by atomic mass is 9.81. The Morgan fingerprint density at radius 3 is 2.19 bits per heavy atom. The first-order valence-electron chi connectivity index (χ1n) is 8.63. The van der Waals surface area contributed by atoms with Gasteiger partial charge in [-0.1, -0.05) is 51.7 Å². The third-order valence-corrected chi connectivity index (χ3v) is 4.61. The first kappa shape index (κ1) is 16.4. The number of hydrogen-bond donors (Lipinski definition) is 1. The molecule has 1 aliphatic carbocycles. The Balaban J connectivity index is 2.00. The number of nitrogens with two attached hydrogens (primary N) is 1. The molecule has 0 amide bonds. The molecule has 2 rings (SSSR count). The summed E-state index contributed by atoms with van der Waals surface area (Å²) in [6, 6.07) is 8.66. The minimum atomic E-state index is 0.516. The van der Waals surface area contributed by atoms with Crippen molar-refractivity contribution in [1.29, 1.82) is 0 Å². The fourth-order valence-corrected chi connectivity index (χ4v) is 3.39. The molecule has 2 heteroatoms. The molecule has 2 N–H and O–H groups in total. The fourth-order valence-electron chi connectivity index (χ4n) is 3.39. The van der Waals surface area contributed by atoms with E-state index in [1.54, 1.807) is 0 Å². The van der Waals surface area contributed by atoms with Gasteiger partial charge >= 0.3 is 0 Å². The van der Waals surface area contributed by atoms with E-state index in [2.05, 4.69) is 38.1 Å². The van der Waals surface area contributed by atoms with Gasteiger partial charge in [-0.05, 0) is 54.8 Å². The van der Waals surface area contributed by atoms with Crippen LogP contribution in [-0.2, 0) is 0 Å². The van der Waals surface area contributed by atoms with E-state index in [4.69, 9.17) is 10.5 Å². The minimum absolute atomic E-state index is 0.516. The van der Waals surface area contributed by atoms with E-state index in [0.29, 0.717) is 11.8 Å². The molecule has 0 radical (unpaired) electrons. The summed E-state index contributed by atoms with van der Waals surface area (Å²) < 4.78 is 5.77. The third kappa shape index (κ3) is 5.03. The maximum atomic E-state index is 6.09. The summed E-state index contributed by atoms with van der Waals surface area (Å²) in [6.07, 6.45) is 8.22. The second kappa shape index (κ2) is 8.43. The van der Waals surface area contributed by atoms with Gasteiger partial charge in [-0.3, -0.25) is 0 Å². The molecule has 0 saturated heterocycles. The molecular formula is C19H31NO. The summed E-state index contributed by atoms with van der Waals surface area (Å²) in [4.78, 5) is 0. The number of ether oxygens (including phenoxy) is 1. The standard InChI is InChI=1S/C19H31NO/c1-15(2)14-21-18-11-9-17(10-12-18)19(13-20)16-7-5-3-4-6-8-16/h9-12,15-16,19H,3-8,13-14,20H2,1-2H3. The third-order valence-electron chi connectivity index (χ3n) is 4.61. The zero-order chi connectivity index (χ0) is 15.1. The van der Waals surface area contributed by atoms with Gasteiger partial charge in [0.25, 0.3) is 0 Å². The van der Waals surface area contributed by atoms with Crippen molar-refractivity contribution in [3.63, 3.8) is 0 Å². The molecule has 1 unspecified atom stereocenters. The Kier molecular flexibility index (Phi) is 6.56. The molecule has 21 heavy (non-hydrogen) atoms. The molecule has 1 saturated carbocycles. The zero-order valence-electron chi connectivity index (χ0n) is 13.7. The van der Waals surface area contributed by atoms with Gasteiger partial charge in [-0.15, -0.1) is 0 Å². The Hall–Kier alpha value is -1.02. The van der Waals surface area contributed by atoms with Crippen LogP contribution in [0.2, 0.25) is 0 Å². The van der Waals surface area contributed by atoms with Gasteiger partial charge in [0.05, 0.1) is 6.61 Å². The fraction of sp³-hybridized carbons (Fsp3) is 0.684. The largest absolute Gasteiger partial charge is 0.493 e. The predicted octanol–water partition coefficient (Wildman–Crippen LogP) is 4.73. The summed E-state index contributed by atoms with van der Waals surface area (Å²) in [7, 11) is 0. The highest BCUT2D eigenvalue weighted by Gasteiger charge is 2.23. The van der Waals surface area contributed by atoms with Crippen LogP contribution in [0, 0.1) is 11.8 Å². The number of rotatable bonds is 6. The Morgan fingerprint density at radius 2 is 1.67 bits per heavy atom. The molecule has 1 aromatic rings. The second-order valence-electron chi connectivity index (χ2n) is 6.87. The maximum absolute atomic E-state index is 6.09. The lowest BCUT2D eigenvalue weighted by Gasteiger charge is -2.25. The van der Waals surface area contributed by atoms with Gasteiger partial charge in [-0.2, -0.15) is 0 Å². The second-order valence-corrected chi connectivity index (χ2v) is 6.87. The highest BCUT2D eigenvalue weighted by molar-refractivity contribution is 5.30. The van der Waals surface area contributed by atoms with Crippen molar-refractivity contribution < 1.29 is 4.74 Å². The Labute approximate surface area is 130 Å². The number of benzene rings is 1. The monoisotopic (exact) mass is 289 g/mol. The number of hydrogen-bond acceptors (Lipinski definition) is 2. The summed E-state index contributed by atoms with van der Waals surface area (Å²) >= 11 is 0. The van der Waals surface area contributed by atoms with E-state index in [-0.39, 0.29) is 0 Å². The molecule has 2 nitrogen and oxygen atoms in total. The summed E-state index contributed by atoms with van der Waals surface area (Å²) in [5.41, 5.74) is 7.48. The van der Waals surface area contributed by atoms with Crippen molar-refractivity contribution in [1.82, 2.24) is 0 Å². The van der Waals surface area contributed by atoms with Crippen LogP contribution in [-0.4, -0.2) is 13.2 Å². The first-order chi connectivity index (χ1) is 10.2. The van der Waals surface area contributed by atoms with E-state index < -0.39 is 0 Å². The molecule has 0 heterocycles. The average molecular weight is 289 g/mol. The van der Waals surface area contributed by atoms with Crippen LogP contribution in [0.1, 0.15) is 63.9 Å². The molecule has 0 aliphatic heterocycles. The van der Waals surface area contributed by atoms with Crippen LogP contribution in [0.25, 0.3) is 0 Å². The molecule has 1 aromatic carbocycles. The van der Waals surface area contributed by atoms with Gasteiger partial charge < -0.3 is 10.5 Å². The Morgan fingerprint density at radius 1 is 1.05 bits per heavy atom. The van der Waals surface area contributed by atoms with E-state index in [1.807, 2.05) is 0 Å². The quantitative estimate of drug-likeness (QED) is 0.768. The van der Waals surface area contributed by atoms with Crippen LogP contribution >= 0.6 is 0 Å². The SMILES string of the molecule is CC(C)COc1ccc(C(CN)C2CCCCCC2)cc1. The van der Waals surface area contributed by atoms with E-state index in [9.17, 15) is 0 Å². The molecule has 0 bridgehead atoms. The van der Waals surface area contributed by atoms with Crippen LogP contribution in [0.5, 0.6) is 5.75 Å². The van der Waals surface area contributed by atoms with Crippen molar-refractivity contribution >= 4 is 0 Å². The van der Waals surface area contributed by atoms with Crippen molar-refractivity contribution in [3.05, 3.63) is 29.8 Å². The average Bonchev–Trinajstić information content (AvgIpc) is 2.76. The molecule has 118 valence electrons. The van der Waals surface area contributed by atoms with E-state index >= 15 is 0 Å². The van der Waals surface area contributed by atoms with Crippen LogP contribution < -0.4 is 10.5 Å². The summed E-state index contributed by atoms with van der Waals surface area (Å²) in [6.45, 7) is 5.88. The van der Waals surface area contributed by atoms with Gasteiger partial charge in [-0.25, -0.2) is 0 Å². The van der Waals surface area contributed by atoms with Crippen LogP contribution in [0.3, 0.4) is 0 Å². The van der Waals surface area contributed by atoms with Crippen molar-refractivity contribution in [2.45, 2.75) is 58.3 Å². The molecule has 0 aromatic heterocycles. The van der Waals surface area contributed by atoms with Gasteiger partial charge in [0, 0.05) is 0 Å². The van der Waals surface area contributed by atoms with E-state index in [0.717, 1.165) is 24.8 Å². The van der Waals surface area contributed by atoms with Crippen molar-refractivity contribution in [2.75, 3.05) is 13.2 Å². The molecule has 1 atom stereocenters. The molecule has 0 spiro atoms. The topological polar surface area (TPSA) is 35.2 Å².